The summed E-state index contributed by atoms with van der Waals surface area (Å²) in [6.45, 7) is -0.121. The minimum Gasteiger partial charge on any atom is -0.396 e. The first kappa shape index (κ1) is 24.1. The van der Waals surface area contributed by atoms with Crippen LogP contribution in [0.15, 0.2) is 18.2 Å². The number of benzene rings is 1. The van der Waals surface area contributed by atoms with Crippen LogP contribution in [0.25, 0.3) is 0 Å². The Kier molecular flexibility index (Phi) is 8.66. The normalized spacial score (nSPS) is 14.1. The molecule has 1 rings (SSSR count). The molecule has 0 saturated carbocycles. The van der Waals surface area contributed by atoms with Crippen molar-refractivity contribution in [2.24, 2.45) is 0 Å². The van der Waals surface area contributed by atoms with Crippen molar-refractivity contribution in [2.45, 2.75) is 29.1 Å². The van der Waals surface area contributed by atoms with E-state index in [9.17, 15) is 0 Å². The lowest BCUT2D eigenvalue weighted by Gasteiger charge is -2.34. The molecular weight excluding hydrogens is 527 g/mol. The van der Waals surface area contributed by atoms with Crippen molar-refractivity contribution in [1.29, 1.82) is 0 Å². The fraction of sp³-hybridized carbons (Fsp3) is 0.538. The summed E-state index contributed by atoms with van der Waals surface area (Å²) in [5, 5.41) is 9.15. The SMILES string of the molecule is OCCCc1c(C(Cl)(Cl)C(Cl)(Cl)Cl)cccc1C(Cl)(Cl)C(Cl)(Cl)Cl. The van der Waals surface area contributed by atoms with E-state index in [1.807, 2.05) is 0 Å². The minimum absolute atomic E-state index is 0.121. The standard InChI is InChI=1S/C13H10Cl10O/c14-10(15,12(18,19)20)8-4-1-5-9(7(8)3-2-6-24)11(16,17)13(21,22)23/h1,4-5,24H,2-3,6H2. The summed E-state index contributed by atoms with van der Waals surface area (Å²) in [5.41, 5.74) is 0.882. The van der Waals surface area contributed by atoms with Crippen molar-refractivity contribution in [3.8, 4) is 0 Å². The predicted molar refractivity (Wildman–Crippen MR) is 109 cm³/mol. The summed E-state index contributed by atoms with van der Waals surface area (Å²) in [7, 11) is 0. The molecule has 1 aromatic carbocycles. The van der Waals surface area contributed by atoms with E-state index in [2.05, 4.69) is 0 Å². The molecule has 0 aromatic heterocycles. The van der Waals surface area contributed by atoms with Gasteiger partial charge in [0.15, 0.2) is 8.67 Å². The fourth-order valence-corrected chi connectivity index (χ4v) is 3.32. The van der Waals surface area contributed by atoms with Crippen molar-refractivity contribution < 1.29 is 5.11 Å². The van der Waals surface area contributed by atoms with E-state index in [0.29, 0.717) is 12.0 Å². The minimum atomic E-state index is -2.07. The molecule has 24 heavy (non-hydrogen) atoms. The molecule has 1 aromatic rings. The van der Waals surface area contributed by atoms with Gasteiger partial charge in [-0.15, -0.1) is 0 Å². The van der Waals surface area contributed by atoms with Crippen LogP contribution in [0.2, 0.25) is 0 Å². The van der Waals surface area contributed by atoms with Crippen LogP contribution < -0.4 is 0 Å². The molecule has 0 bridgehead atoms. The smallest absolute Gasteiger partial charge is 0.227 e. The summed E-state index contributed by atoms with van der Waals surface area (Å²) in [6, 6.07) is 4.62. The van der Waals surface area contributed by atoms with Gasteiger partial charge in [-0.3, -0.25) is 0 Å². The number of halogens is 10. The van der Waals surface area contributed by atoms with Crippen LogP contribution in [-0.2, 0) is 15.1 Å². The van der Waals surface area contributed by atoms with Crippen molar-refractivity contribution in [3.05, 3.63) is 34.9 Å². The highest BCUT2D eigenvalue weighted by atomic mass is 35.6. The van der Waals surface area contributed by atoms with Crippen LogP contribution in [0, 0.1) is 0 Å². The Balaban J connectivity index is 3.68. The third-order valence-corrected chi connectivity index (χ3v) is 7.96. The molecule has 0 atom stereocenters. The molecule has 0 heterocycles. The quantitative estimate of drug-likeness (QED) is 0.384. The zero-order valence-electron chi connectivity index (χ0n) is 11.6. The highest BCUT2D eigenvalue weighted by Crippen LogP contribution is 2.58. The van der Waals surface area contributed by atoms with Gasteiger partial charge in [-0.25, -0.2) is 0 Å². The lowest BCUT2D eigenvalue weighted by atomic mass is 9.93. The van der Waals surface area contributed by atoms with Gasteiger partial charge in [0.25, 0.3) is 0 Å². The average Bonchev–Trinajstić information content (AvgIpc) is 2.42. The van der Waals surface area contributed by atoms with Gasteiger partial charge < -0.3 is 5.11 Å². The molecule has 0 aliphatic rings. The fourth-order valence-electron chi connectivity index (χ4n) is 2.01. The Morgan fingerprint density at radius 3 is 1.38 bits per heavy atom. The van der Waals surface area contributed by atoms with E-state index in [4.69, 9.17) is 121 Å². The maximum atomic E-state index is 9.15. The summed E-state index contributed by atoms with van der Waals surface area (Å²) in [4.78, 5) is 0. The van der Waals surface area contributed by atoms with Gasteiger partial charge in [-0.1, -0.05) is 134 Å². The van der Waals surface area contributed by atoms with Crippen LogP contribution in [0.1, 0.15) is 23.1 Å². The topological polar surface area (TPSA) is 20.2 Å². The summed E-state index contributed by atoms with van der Waals surface area (Å²) in [6.07, 6.45) is 0.587. The van der Waals surface area contributed by atoms with Gasteiger partial charge in [0.2, 0.25) is 7.59 Å². The monoisotopic (exact) mass is 532 g/mol. The van der Waals surface area contributed by atoms with Gasteiger partial charge >= 0.3 is 0 Å². The summed E-state index contributed by atoms with van der Waals surface area (Å²) in [5.74, 6) is 0. The largest absolute Gasteiger partial charge is 0.396 e. The van der Waals surface area contributed by atoms with Crippen LogP contribution >= 0.6 is 116 Å². The van der Waals surface area contributed by atoms with Gasteiger partial charge in [0, 0.05) is 6.61 Å². The van der Waals surface area contributed by atoms with E-state index in [0.717, 1.165) is 0 Å². The lowest BCUT2D eigenvalue weighted by molar-refractivity contribution is 0.288. The number of hydrogen-bond donors (Lipinski definition) is 1. The zero-order valence-corrected chi connectivity index (χ0v) is 19.1. The van der Waals surface area contributed by atoms with Crippen LogP contribution in [0.3, 0.4) is 0 Å². The molecule has 11 heteroatoms. The van der Waals surface area contributed by atoms with Gasteiger partial charge in [0.05, 0.1) is 0 Å². The van der Waals surface area contributed by atoms with Crippen molar-refractivity contribution in [3.63, 3.8) is 0 Å². The molecule has 0 fully saturated rings. The molecule has 138 valence electrons. The number of aliphatic hydroxyl groups is 1. The first-order chi connectivity index (χ1) is 10.7. The molecule has 0 unspecified atom stereocenters. The second kappa shape index (κ2) is 8.62. The first-order valence-electron chi connectivity index (χ1n) is 6.30. The van der Waals surface area contributed by atoms with E-state index in [-0.39, 0.29) is 24.2 Å². The van der Waals surface area contributed by atoms with Crippen molar-refractivity contribution in [2.75, 3.05) is 6.61 Å². The lowest BCUT2D eigenvalue weighted by Crippen LogP contribution is -2.33. The average molecular weight is 537 g/mol. The second-order valence-electron chi connectivity index (χ2n) is 4.80. The zero-order chi connectivity index (χ0) is 19.0. The highest BCUT2D eigenvalue weighted by Gasteiger charge is 2.52. The third kappa shape index (κ3) is 5.11. The van der Waals surface area contributed by atoms with Gasteiger partial charge in [0.1, 0.15) is 0 Å². The predicted octanol–water partition coefficient (Wildman–Crippen LogP) is 7.61. The molecule has 0 aliphatic carbocycles. The molecule has 0 saturated heterocycles. The Morgan fingerprint density at radius 1 is 0.708 bits per heavy atom. The molecule has 0 aliphatic heterocycles. The van der Waals surface area contributed by atoms with Crippen molar-refractivity contribution in [1.82, 2.24) is 0 Å². The molecule has 1 nitrogen and oxygen atoms in total. The third-order valence-electron chi connectivity index (χ3n) is 3.15. The van der Waals surface area contributed by atoms with E-state index >= 15 is 0 Å². The van der Waals surface area contributed by atoms with E-state index in [1.165, 1.54) is 0 Å². The first-order valence-corrected chi connectivity index (χ1v) is 10.1. The van der Waals surface area contributed by atoms with Gasteiger partial charge in [-0.05, 0) is 29.5 Å². The Bertz CT molecular complexity index is 529. The van der Waals surface area contributed by atoms with E-state index in [1.54, 1.807) is 18.2 Å². The number of aliphatic hydroxyl groups excluding tert-OH is 1. The van der Waals surface area contributed by atoms with E-state index < -0.39 is 16.3 Å². The number of alkyl halides is 10. The second-order valence-corrected chi connectivity index (χ2v) is 12.0. The Hall–Kier alpha value is 2.08. The van der Waals surface area contributed by atoms with Crippen molar-refractivity contribution >= 4 is 116 Å². The van der Waals surface area contributed by atoms with Crippen LogP contribution in [0.4, 0.5) is 0 Å². The molecular formula is C13H10Cl10O. The maximum Gasteiger partial charge on any atom is 0.227 e. The molecule has 1 N–H and O–H groups in total. The summed E-state index contributed by atoms with van der Waals surface area (Å²) < 4.78 is -8.00. The molecule has 0 radical (unpaired) electrons. The maximum absolute atomic E-state index is 9.15. The number of rotatable bonds is 5. The molecule has 0 amide bonds. The Labute approximate surface area is 190 Å². The molecule has 0 spiro atoms. The Morgan fingerprint density at radius 2 is 1.08 bits per heavy atom. The van der Waals surface area contributed by atoms with Gasteiger partial charge in [-0.2, -0.15) is 0 Å². The van der Waals surface area contributed by atoms with Crippen LogP contribution in [0.5, 0.6) is 0 Å². The van der Waals surface area contributed by atoms with Crippen LogP contribution in [-0.4, -0.2) is 19.3 Å². The number of hydrogen-bond acceptors (Lipinski definition) is 1. The highest BCUT2D eigenvalue weighted by molar-refractivity contribution is 6.76. The summed E-state index contributed by atoms with van der Waals surface area (Å²) >= 11 is 60.5.